The van der Waals surface area contributed by atoms with E-state index in [-0.39, 0.29) is 5.46 Å². The highest BCUT2D eigenvalue weighted by atomic mass is 19.4. The number of rotatable bonds is 2. The fourth-order valence-electron chi connectivity index (χ4n) is 2.44. The fraction of sp³-hybridized carbons (Fsp3) is 0.625. The van der Waals surface area contributed by atoms with Gasteiger partial charge in [-0.1, -0.05) is 6.07 Å². The summed E-state index contributed by atoms with van der Waals surface area (Å²) < 4.78 is 65.0. The molecule has 1 aromatic rings. The van der Waals surface area contributed by atoms with Crippen molar-refractivity contribution in [3.63, 3.8) is 0 Å². The van der Waals surface area contributed by atoms with Crippen molar-refractivity contribution in [3.05, 3.63) is 29.1 Å². The average molecular weight is 348 g/mol. The summed E-state index contributed by atoms with van der Waals surface area (Å²) in [5, 5.41) is 9.82. The topological polar surface area (TPSA) is 38.7 Å². The van der Waals surface area contributed by atoms with Crippen molar-refractivity contribution in [2.75, 3.05) is 0 Å². The van der Waals surface area contributed by atoms with E-state index in [2.05, 4.69) is 0 Å². The number of halogens is 4. The van der Waals surface area contributed by atoms with E-state index in [0.29, 0.717) is 12.5 Å². The van der Waals surface area contributed by atoms with Crippen LogP contribution in [0, 0.1) is 12.7 Å². The number of aliphatic hydroxyl groups is 1. The summed E-state index contributed by atoms with van der Waals surface area (Å²) in [4.78, 5) is 0. The van der Waals surface area contributed by atoms with E-state index in [1.165, 1.54) is 0 Å². The van der Waals surface area contributed by atoms with Gasteiger partial charge in [-0.3, -0.25) is 0 Å². The van der Waals surface area contributed by atoms with Crippen molar-refractivity contribution < 1.29 is 32.0 Å². The Labute approximate surface area is 139 Å². The third-order valence-corrected chi connectivity index (χ3v) is 4.94. The van der Waals surface area contributed by atoms with Crippen molar-refractivity contribution in [3.8, 4) is 0 Å². The Balaban J connectivity index is 2.53. The van der Waals surface area contributed by atoms with E-state index in [1.807, 2.05) is 0 Å². The van der Waals surface area contributed by atoms with Gasteiger partial charge in [0.2, 0.25) is 0 Å². The van der Waals surface area contributed by atoms with Gasteiger partial charge in [0.25, 0.3) is 0 Å². The fourth-order valence-corrected chi connectivity index (χ4v) is 2.44. The van der Waals surface area contributed by atoms with Gasteiger partial charge in [-0.15, -0.1) is 0 Å². The lowest BCUT2D eigenvalue weighted by Gasteiger charge is -2.32. The summed E-state index contributed by atoms with van der Waals surface area (Å²) in [6, 6.07) is 1.93. The van der Waals surface area contributed by atoms with Crippen LogP contribution in [0.5, 0.6) is 0 Å². The minimum Gasteiger partial charge on any atom is -0.399 e. The highest BCUT2D eigenvalue weighted by Crippen LogP contribution is 2.40. The molecule has 1 atom stereocenters. The molecule has 134 valence electrons. The maximum Gasteiger partial charge on any atom is 0.495 e. The van der Waals surface area contributed by atoms with Crippen LogP contribution >= 0.6 is 0 Å². The highest BCUT2D eigenvalue weighted by molar-refractivity contribution is 6.62. The van der Waals surface area contributed by atoms with Crippen LogP contribution in [0.2, 0.25) is 0 Å². The van der Waals surface area contributed by atoms with E-state index in [0.717, 1.165) is 12.1 Å². The van der Waals surface area contributed by atoms with Gasteiger partial charge in [0, 0.05) is 5.56 Å². The van der Waals surface area contributed by atoms with Gasteiger partial charge in [0.1, 0.15) is 5.82 Å². The first-order chi connectivity index (χ1) is 10.6. The highest BCUT2D eigenvalue weighted by Gasteiger charge is 2.55. The van der Waals surface area contributed by atoms with E-state index in [1.54, 1.807) is 34.6 Å². The van der Waals surface area contributed by atoms with Crippen molar-refractivity contribution in [1.29, 1.82) is 0 Å². The number of hydrogen-bond donors (Lipinski definition) is 1. The molecule has 2 rings (SSSR count). The Kier molecular flexibility index (Phi) is 4.36. The first-order valence-electron chi connectivity index (χ1n) is 7.55. The lowest BCUT2D eigenvalue weighted by atomic mass is 9.74. The predicted octanol–water partition coefficient (Wildman–Crippen LogP) is 3.20. The zero-order valence-corrected chi connectivity index (χ0v) is 14.5. The van der Waals surface area contributed by atoms with Crippen LogP contribution in [0.15, 0.2) is 12.1 Å². The molecule has 0 spiro atoms. The van der Waals surface area contributed by atoms with Crippen LogP contribution in [-0.2, 0) is 14.9 Å². The molecule has 24 heavy (non-hydrogen) atoms. The maximum atomic E-state index is 14.1. The molecule has 1 heterocycles. The summed E-state index contributed by atoms with van der Waals surface area (Å²) in [6.07, 6.45) is -5.02. The summed E-state index contributed by atoms with van der Waals surface area (Å²) in [5.41, 5.74) is -4.91. The normalized spacial score (nSPS) is 22.5. The van der Waals surface area contributed by atoms with Gasteiger partial charge in [0.05, 0.1) is 11.2 Å². The third-order valence-electron chi connectivity index (χ3n) is 4.94. The van der Waals surface area contributed by atoms with Crippen LogP contribution in [0.25, 0.3) is 0 Å². The second-order valence-electron chi connectivity index (χ2n) is 7.35. The molecule has 0 aromatic heterocycles. The molecule has 1 fully saturated rings. The molecule has 8 heteroatoms. The third kappa shape index (κ3) is 2.95. The van der Waals surface area contributed by atoms with Crippen molar-refractivity contribution in [2.24, 2.45) is 0 Å². The van der Waals surface area contributed by atoms with Gasteiger partial charge in [-0.25, -0.2) is 4.39 Å². The van der Waals surface area contributed by atoms with Gasteiger partial charge in [-0.05, 0) is 58.6 Å². The minimum atomic E-state index is -5.02. The molecule has 0 radical (unpaired) electrons. The molecule has 1 aromatic carbocycles. The number of aryl methyl sites for hydroxylation is 1. The van der Waals surface area contributed by atoms with E-state index in [9.17, 15) is 22.7 Å². The minimum absolute atomic E-state index is 0.259. The van der Waals surface area contributed by atoms with Gasteiger partial charge in [0.15, 0.2) is 5.60 Å². The van der Waals surface area contributed by atoms with E-state index < -0.39 is 41.5 Å². The molecule has 1 saturated heterocycles. The second-order valence-corrected chi connectivity index (χ2v) is 7.35. The van der Waals surface area contributed by atoms with Gasteiger partial charge < -0.3 is 14.4 Å². The lowest BCUT2D eigenvalue weighted by Crippen LogP contribution is -2.43. The number of benzene rings is 1. The largest absolute Gasteiger partial charge is 0.495 e. The quantitative estimate of drug-likeness (QED) is 0.659. The Morgan fingerprint density at radius 3 is 1.92 bits per heavy atom. The smallest absolute Gasteiger partial charge is 0.399 e. The first-order valence-corrected chi connectivity index (χ1v) is 7.55. The molecule has 3 nitrogen and oxygen atoms in total. The van der Waals surface area contributed by atoms with Gasteiger partial charge >= 0.3 is 13.3 Å². The average Bonchev–Trinajstić information content (AvgIpc) is 2.56. The second kappa shape index (κ2) is 5.44. The first kappa shape index (κ1) is 19.2. The van der Waals surface area contributed by atoms with Crippen LogP contribution in [-0.4, -0.2) is 29.6 Å². The van der Waals surface area contributed by atoms with Crippen molar-refractivity contribution in [1.82, 2.24) is 0 Å². The predicted molar refractivity (Wildman–Crippen MR) is 82.5 cm³/mol. The Bertz CT molecular complexity index is 637. The Morgan fingerprint density at radius 2 is 1.50 bits per heavy atom. The maximum absolute atomic E-state index is 14.1. The molecule has 0 bridgehead atoms. The van der Waals surface area contributed by atoms with Crippen LogP contribution in [0.3, 0.4) is 0 Å². The molecular formula is C16H21BF4O3. The Hall–Kier alpha value is -1.12. The summed E-state index contributed by atoms with van der Waals surface area (Å²) in [6.45, 7) is 9.29. The molecule has 1 aliphatic rings. The van der Waals surface area contributed by atoms with Gasteiger partial charge in [-0.2, -0.15) is 13.2 Å². The van der Waals surface area contributed by atoms with Crippen molar-refractivity contribution in [2.45, 2.75) is 64.5 Å². The van der Waals surface area contributed by atoms with E-state index >= 15 is 0 Å². The Morgan fingerprint density at radius 1 is 1.04 bits per heavy atom. The summed E-state index contributed by atoms with van der Waals surface area (Å²) >= 11 is 0. The zero-order chi connectivity index (χ0) is 18.7. The van der Waals surface area contributed by atoms with Crippen LogP contribution < -0.4 is 5.46 Å². The SMILES string of the molecule is Cc1cc(F)c(C(C)(O)C(F)(F)F)cc1B1OC(C)(C)C(C)(C)O1. The molecule has 1 unspecified atom stereocenters. The summed E-state index contributed by atoms with van der Waals surface area (Å²) in [7, 11) is -0.946. The number of hydrogen-bond acceptors (Lipinski definition) is 3. The molecule has 1 aliphatic heterocycles. The lowest BCUT2D eigenvalue weighted by molar-refractivity contribution is -0.259. The van der Waals surface area contributed by atoms with Crippen LogP contribution in [0.1, 0.15) is 45.7 Å². The molecule has 0 saturated carbocycles. The van der Waals surface area contributed by atoms with Crippen LogP contribution in [0.4, 0.5) is 17.6 Å². The number of alkyl halides is 3. The molecule has 0 aliphatic carbocycles. The molecule has 0 amide bonds. The zero-order valence-electron chi connectivity index (χ0n) is 14.5. The molecular weight excluding hydrogens is 327 g/mol. The standard InChI is InChI=1S/C16H21BF4O3/c1-9-7-12(18)10(15(6,22)16(19,20)21)8-11(9)17-23-13(2,3)14(4,5)24-17/h7-8,22H,1-6H3. The monoisotopic (exact) mass is 348 g/mol. The molecule has 1 N–H and O–H groups in total. The summed E-state index contributed by atoms with van der Waals surface area (Å²) in [5.74, 6) is -1.13. The van der Waals surface area contributed by atoms with E-state index in [4.69, 9.17) is 9.31 Å². The van der Waals surface area contributed by atoms with Crippen molar-refractivity contribution >= 4 is 12.6 Å².